The molecular formula is C24H32N4O6. The quantitative estimate of drug-likeness (QED) is 0.422. The molecule has 2 heterocycles. The summed E-state index contributed by atoms with van der Waals surface area (Å²) in [4.78, 5) is 51.5. The summed E-state index contributed by atoms with van der Waals surface area (Å²) >= 11 is 0. The van der Waals surface area contributed by atoms with Gasteiger partial charge in [0.05, 0.1) is 6.04 Å². The number of primary amides is 1. The normalized spacial score (nSPS) is 28.4. The molecule has 0 spiro atoms. The molecule has 1 aromatic carbocycles. The monoisotopic (exact) mass is 472 g/mol. The smallest absolute Gasteiger partial charge is 0.410 e. The van der Waals surface area contributed by atoms with Crippen LogP contribution in [-0.4, -0.2) is 65.1 Å². The fourth-order valence-corrected chi connectivity index (χ4v) is 5.49. The van der Waals surface area contributed by atoms with E-state index in [2.05, 4.69) is 10.6 Å². The maximum absolute atomic E-state index is 13.4. The van der Waals surface area contributed by atoms with Crippen molar-refractivity contribution >= 4 is 23.8 Å². The Balaban J connectivity index is 1.47. The van der Waals surface area contributed by atoms with Crippen LogP contribution in [0.4, 0.5) is 4.79 Å². The summed E-state index contributed by atoms with van der Waals surface area (Å²) in [6, 6.07) is 7.41. The number of ether oxygens (including phenoxy) is 1. The Morgan fingerprint density at radius 1 is 1.29 bits per heavy atom. The fraction of sp³-hybridized carbons (Fsp3) is 0.583. The third-order valence-electron chi connectivity index (χ3n) is 7.62. The van der Waals surface area contributed by atoms with Crippen LogP contribution in [0.3, 0.4) is 0 Å². The Hall–Kier alpha value is -3.14. The van der Waals surface area contributed by atoms with Gasteiger partial charge in [-0.05, 0) is 35.7 Å². The van der Waals surface area contributed by atoms with Gasteiger partial charge >= 0.3 is 6.09 Å². The van der Waals surface area contributed by atoms with Crippen molar-refractivity contribution in [3.05, 3.63) is 35.9 Å². The Bertz CT molecular complexity index is 967. The van der Waals surface area contributed by atoms with Gasteiger partial charge in [0.2, 0.25) is 17.7 Å². The largest absolute Gasteiger partial charge is 0.445 e. The second-order valence-corrected chi connectivity index (χ2v) is 10.1. The summed E-state index contributed by atoms with van der Waals surface area (Å²) in [6.07, 6.45) is -1.63. The number of carbonyl (C=O) groups is 4. The van der Waals surface area contributed by atoms with Crippen LogP contribution in [0.15, 0.2) is 30.3 Å². The molecule has 2 aliphatic heterocycles. The summed E-state index contributed by atoms with van der Waals surface area (Å²) < 4.78 is 5.47. The van der Waals surface area contributed by atoms with E-state index < -0.39 is 42.0 Å². The first-order valence-electron chi connectivity index (χ1n) is 11.6. The van der Waals surface area contributed by atoms with Crippen LogP contribution in [0.5, 0.6) is 0 Å². The van der Waals surface area contributed by atoms with E-state index in [4.69, 9.17) is 10.5 Å². The Morgan fingerprint density at radius 3 is 2.62 bits per heavy atom. The van der Waals surface area contributed by atoms with Gasteiger partial charge in [0, 0.05) is 19.0 Å². The zero-order valence-electron chi connectivity index (χ0n) is 19.4. The molecule has 0 aromatic heterocycles. The van der Waals surface area contributed by atoms with Gasteiger partial charge in [-0.25, -0.2) is 4.79 Å². The molecule has 0 unspecified atom stereocenters. The first kappa shape index (κ1) is 24.0. The lowest BCUT2D eigenvalue weighted by atomic mass is 9.93. The molecule has 6 atom stereocenters. The zero-order chi connectivity index (χ0) is 24.6. The molecule has 4 rings (SSSR count). The Labute approximate surface area is 198 Å². The van der Waals surface area contributed by atoms with Gasteiger partial charge in [-0.15, -0.1) is 0 Å². The number of likely N-dealkylation sites (tertiary alicyclic amines) is 1. The maximum atomic E-state index is 13.4. The number of benzene rings is 1. The SMILES string of the molecule is CC1(C)[C@@H]2[C@@H](C(=O)N[C@@H](C[C@@H]3CCNC3=O)[C@@H](O)C(N)=O)N(C(=O)OCc3ccccc3)C[C@@H]21. The van der Waals surface area contributed by atoms with Crippen LogP contribution >= 0.6 is 0 Å². The van der Waals surface area contributed by atoms with Crippen LogP contribution in [0.2, 0.25) is 0 Å². The average molecular weight is 473 g/mol. The van der Waals surface area contributed by atoms with E-state index in [1.807, 2.05) is 44.2 Å². The summed E-state index contributed by atoms with van der Waals surface area (Å²) in [5.41, 5.74) is 6.01. The first-order chi connectivity index (χ1) is 16.1. The summed E-state index contributed by atoms with van der Waals surface area (Å²) in [5, 5.41) is 15.8. The fourth-order valence-electron chi connectivity index (χ4n) is 5.49. The number of nitrogens with one attached hydrogen (secondary N) is 2. The molecule has 3 aliphatic rings. The van der Waals surface area contributed by atoms with E-state index in [1.165, 1.54) is 4.90 Å². The van der Waals surface area contributed by atoms with Gasteiger partial charge in [-0.1, -0.05) is 44.2 Å². The Kier molecular flexibility index (Phi) is 6.53. The van der Waals surface area contributed by atoms with Crippen molar-refractivity contribution in [2.24, 2.45) is 28.9 Å². The number of nitrogens with zero attached hydrogens (tertiary/aromatic N) is 1. The molecule has 4 amide bonds. The number of rotatable bonds is 8. The number of hydrogen-bond acceptors (Lipinski definition) is 6. The molecule has 10 heteroatoms. The molecule has 0 bridgehead atoms. The number of aliphatic hydroxyl groups excluding tert-OH is 1. The molecule has 2 saturated heterocycles. The minimum absolute atomic E-state index is 0.0714. The standard InChI is InChI=1S/C24H32N4O6/c1-24(2)15-11-28(23(33)34-12-13-6-4-3-5-7-13)18(17(15)24)22(32)27-16(19(29)20(25)30)10-14-8-9-26-21(14)31/h3-7,14-19,29H,8-12H2,1-2H3,(H2,25,30)(H,26,31)(H,27,32)/t14-,15-,16-,17-,18-,19+/m0/s1. The second kappa shape index (κ2) is 9.25. The number of carbonyl (C=O) groups excluding carboxylic acids is 4. The van der Waals surface area contributed by atoms with Gasteiger partial charge in [0.15, 0.2) is 6.10 Å². The van der Waals surface area contributed by atoms with E-state index in [9.17, 15) is 24.3 Å². The van der Waals surface area contributed by atoms with Crippen LogP contribution in [-0.2, 0) is 25.7 Å². The van der Waals surface area contributed by atoms with Crippen molar-refractivity contribution in [3.63, 3.8) is 0 Å². The molecule has 1 saturated carbocycles. The van der Waals surface area contributed by atoms with E-state index in [1.54, 1.807) is 0 Å². The molecule has 1 aliphatic carbocycles. The minimum atomic E-state index is -1.65. The van der Waals surface area contributed by atoms with Crippen molar-refractivity contribution in [1.29, 1.82) is 0 Å². The third-order valence-corrected chi connectivity index (χ3v) is 7.62. The number of piperidine rings is 1. The number of nitrogens with two attached hydrogens (primary N) is 1. The first-order valence-corrected chi connectivity index (χ1v) is 11.6. The minimum Gasteiger partial charge on any atom is -0.445 e. The molecular weight excluding hydrogens is 440 g/mol. The summed E-state index contributed by atoms with van der Waals surface area (Å²) in [6.45, 7) is 5.07. The van der Waals surface area contributed by atoms with Crippen molar-refractivity contribution in [1.82, 2.24) is 15.5 Å². The lowest BCUT2D eigenvalue weighted by molar-refractivity contribution is -0.133. The predicted octanol–water partition coefficient (Wildman–Crippen LogP) is 0.137. The topological polar surface area (TPSA) is 151 Å². The van der Waals surface area contributed by atoms with E-state index in [0.29, 0.717) is 19.5 Å². The van der Waals surface area contributed by atoms with Gasteiger partial charge < -0.3 is 26.2 Å². The van der Waals surface area contributed by atoms with Crippen molar-refractivity contribution in [2.45, 2.75) is 51.5 Å². The highest BCUT2D eigenvalue weighted by atomic mass is 16.6. The summed E-state index contributed by atoms with van der Waals surface area (Å²) in [7, 11) is 0. The van der Waals surface area contributed by atoms with E-state index in [0.717, 1.165) is 5.56 Å². The molecule has 34 heavy (non-hydrogen) atoms. The van der Waals surface area contributed by atoms with Gasteiger partial charge in [0.1, 0.15) is 12.6 Å². The van der Waals surface area contributed by atoms with Gasteiger partial charge in [-0.3, -0.25) is 19.3 Å². The van der Waals surface area contributed by atoms with Crippen molar-refractivity contribution in [2.75, 3.05) is 13.1 Å². The molecule has 5 N–H and O–H groups in total. The highest BCUT2D eigenvalue weighted by molar-refractivity contribution is 5.89. The number of aliphatic hydroxyl groups is 1. The van der Waals surface area contributed by atoms with Crippen molar-refractivity contribution < 1.29 is 29.0 Å². The predicted molar refractivity (Wildman–Crippen MR) is 121 cm³/mol. The van der Waals surface area contributed by atoms with Crippen LogP contribution < -0.4 is 16.4 Å². The number of amides is 4. The lowest BCUT2D eigenvalue weighted by Crippen LogP contribution is -2.56. The highest BCUT2D eigenvalue weighted by Gasteiger charge is 2.69. The second-order valence-electron chi connectivity index (χ2n) is 10.1. The zero-order valence-corrected chi connectivity index (χ0v) is 19.4. The number of fused-ring (bicyclic) bond motifs is 1. The maximum Gasteiger partial charge on any atom is 0.410 e. The highest BCUT2D eigenvalue weighted by Crippen LogP contribution is 2.64. The summed E-state index contributed by atoms with van der Waals surface area (Å²) in [5.74, 6) is -2.03. The Morgan fingerprint density at radius 2 is 2.00 bits per heavy atom. The number of hydrogen-bond donors (Lipinski definition) is 4. The molecule has 0 radical (unpaired) electrons. The molecule has 3 fully saturated rings. The van der Waals surface area contributed by atoms with Gasteiger partial charge in [0.25, 0.3) is 0 Å². The molecule has 10 nitrogen and oxygen atoms in total. The van der Waals surface area contributed by atoms with Crippen LogP contribution in [0.25, 0.3) is 0 Å². The molecule has 1 aromatic rings. The van der Waals surface area contributed by atoms with Crippen LogP contribution in [0.1, 0.15) is 32.3 Å². The third kappa shape index (κ3) is 4.59. The average Bonchev–Trinajstić information content (AvgIpc) is 3.16. The molecule has 184 valence electrons. The lowest BCUT2D eigenvalue weighted by Gasteiger charge is -2.32. The van der Waals surface area contributed by atoms with Gasteiger partial charge in [-0.2, -0.15) is 0 Å². The van der Waals surface area contributed by atoms with Crippen molar-refractivity contribution in [3.8, 4) is 0 Å². The van der Waals surface area contributed by atoms with E-state index >= 15 is 0 Å². The van der Waals surface area contributed by atoms with E-state index in [-0.39, 0.29) is 36.2 Å². The van der Waals surface area contributed by atoms with Crippen LogP contribution in [0, 0.1) is 23.2 Å².